The van der Waals surface area contributed by atoms with Crippen molar-refractivity contribution < 1.29 is 0 Å². The van der Waals surface area contributed by atoms with Crippen LogP contribution in [0.25, 0.3) is 75.9 Å². The van der Waals surface area contributed by atoms with Gasteiger partial charge in [0, 0.05) is 27.5 Å². The molecule has 0 fully saturated rings. The molecule has 7 aromatic carbocycles. The SMILES string of the molecule is C=Nc1c(C(=NCc2cc(-c3cccc4c(-c5ccc[nH]5)cccc34)cc(-c3cc4ccccc4c4ccccc34)c2)C2=CC(C)CC2)sc2ccccc12.CC. The van der Waals surface area contributed by atoms with E-state index in [9.17, 15) is 0 Å². The number of nitrogens with zero attached hydrogens (tertiary/aromatic N) is 2. The zero-order chi connectivity index (χ0) is 38.9. The predicted octanol–water partition coefficient (Wildman–Crippen LogP) is 15.4. The highest BCUT2D eigenvalue weighted by molar-refractivity contribution is 7.21. The summed E-state index contributed by atoms with van der Waals surface area (Å²) >= 11 is 1.78. The van der Waals surface area contributed by atoms with Gasteiger partial charge >= 0.3 is 0 Å². The second-order valence-electron chi connectivity index (χ2n) is 14.7. The molecule has 0 saturated heterocycles. The molecule has 1 atom stereocenters. The van der Waals surface area contributed by atoms with Crippen molar-refractivity contribution >= 4 is 71.9 Å². The number of aromatic amines is 1. The van der Waals surface area contributed by atoms with Crippen LogP contribution >= 0.6 is 11.3 Å². The number of benzene rings is 7. The summed E-state index contributed by atoms with van der Waals surface area (Å²) in [5.41, 5.74) is 11.6. The summed E-state index contributed by atoms with van der Waals surface area (Å²) in [5.74, 6) is 0.521. The number of H-pyrrole nitrogens is 1. The standard InChI is InChI=1S/C51H39N3S.C2H6/c1-32-23-24-35(26-32)49(51-50(52-2)45-16-7-8-22-48(45)55-51)54-31-33-27-36(39-17-9-19-42-41(39)18-10-20-44(42)47-21-11-25-53-47)29-37(28-33)46-30-34-12-3-4-13-38(34)40-14-5-6-15-43(40)46;1-2/h3-22,25-30,32,53H,2,23-24,31H2,1H3;1-2H3. The number of aliphatic imine (C=N–C) groups is 2. The molecule has 278 valence electrons. The Morgan fingerprint density at radius 3 is 2.05 bits per heavy atom. The van der Waals surface area contributed by atoms with E-state index < -0.39 is 0 Å². The minimum atomic E-state index is 0.521. The van der Waals surface area contributed by atoms with Gasteiger partial charge in [0.25, 0.3) is 0 Å². The van der Waals surface area contributed by atoms with Crippen molar-refractivity contribution in [2.45, 2.75) is 40.2 Å². The molecule has 0 aliphatic heterocycles. The van der Waals surface area contributed by atoms with Gasteiger partial charge in [-0.2, -0.15) is 0 Å². The minimum Gasteiger partial charge on any atom is -0.361 e. The molecule has 1 unspecified atom stereocenters. The van der Waals surface area contributed by atoms with E-state index in [2.05, 4.69) is 175 Å². The number of nitrogens with one attached hydrogen (secondary N) is 1. The summed E-state index contributed by atoms with van der Waals surface area (Å²) in [6.45, 7) is 10.9. The van der Waals surface area contributed by atoms with Crippen molar-refractivity contribution in [1.82, 2.24) is 4.98 Å². The lowest BCUT2D eigenvalue weighted by molar-refractivity contribution is 0.700. The Labute approximate surface area is 338 Å². The van der Waals surface area contributed by atoms with Gasteiger partial charge in [-0.05, 0) is 134 Å². The number of hydrogen-bond acceptors (Lipinski definition) is 3. The Balaban J connectivity index is 0.00000208. The van der Waals surface area contributed by atoms with Crippen LogP contribution in [0.5, 0.6) is 0 Å². The van der Waals surface area contributed by atoms with Crippen molar-refractivity contribution in [2.24, 2.45) is 15.9 Å². The lowest BCUT2D eigenvalue weighted by Crippen LogP contribution is -2.03. The predicted molar refractivity (Wildman–Crippen MR) is 249 cm³/mol. The lowest BCUT2D eigenvalue weighted by Gasteiger charge is -2.16. The number of thiophene rings is 1. The van der Waals surface area contributed by atoms with Crippen molar-refractivity contribution in [3.63, 3.8) is 0 Å². The van der Waals surface area contributed by atoms with Gasteiger partial charge in [-0.25, -0.2) is 0 Å². The van der Waals surface area contributed by atoms with E-state index in [1.807, 2.05) is 20.0 Å². The summed E-state index contributed by atoms with van der Waals surface area (Å²) < 4.78 is 1.21. The molecule has 0 saturated carbocycles. The maximum Gasteiger partial charge on any atom is 0.0903 e. The average molecular weight is 756 g/mol. The van der Waals surface area contributed by atoms with E-state index in [1.54, 1.807) is 11.3 Å². The average Bonchev–Trinajstić information content (AvgIpc) is 4.05. The van der Waals surface area contributed by atoms with Crippen molar-refractivity contribution in [3.05, 3.63) is 174 Å². The Morgan fingerprint density at radius 2 is 1.32 bits per heavy atom. The maximum atomic E-state index is 5.54. The second-order valence-corrected chi connectivity index (χ2v) is 15.8. The monoisotopic (exact) mass is 755 g/mol. The highest BCUT2D eigenvalue weighted by Gasteiger charge is 2.23. The molecule has 0 amide bonds. The van der Waals surface area contributed by atoms with E-state index in [-0.39, 0.29) is 0 Å². The van der Waals surface area contributed by atoms with Gasteiger partial charge in [0.1, 0.15) is 0 Å². The number of hydrogen-bond donors (Lipinski definition) is 1. The van der Waals surface area contributed by atoms with Crippen molar-refractivity contribution in [3.8, 4) is 33.5 Å². The topological polar surface area (TPSA) is 40.5 Å². The first-order chi connectivity index (χ1) is 28.1. The number of rotatable bonds is 8. The molecule has 57 heavy (non-hydrogen) atoms. The van der Waals surface area contributed by atoms with Crippen molar-refractivity contribution in [2.75, 3.05) is 0 Å². The third-order valence-corrected chi connectivity index (χ3v) is 12.4. The quantitative estimate of drug-likeness (QED) is 0.119. The molecule has 9 aromatic rings. The zero-order valence-corrected chi connectivity index (χ0v) is 33.5. The summed E-state index contributed by atoms with van der Waals surface area (Å²) in [7, 11) is 0. The highest BCUT2D eigenvalue weighted by atomic mass is 32.1. The third-order valence-electron chi connectivity index (χ3n) is 11.2. The van der Waals surface area contributed by atoms with E-state index in [0.717, 1.165) is 40.2 Å². The van der Waals surface area contributed by atoms with E-state index in [1.165, 1.54) is 76.0 Å². The maximum absolute atomic E-state index is 5.54. The van der Waals surface area contributed by atoms with Crippen LogP contribution in [-0.2, 0) is 6.54 Å². The van der Waals surface area contributed by atoms with Gasteiger partial charge in [-0.15, -0.1) is 11.3 Å². The molecule has 3 nitrogen and oxygen atoms in total. The van der Waals surface area contributed by atoms with Crippen LogP contribution in [0.2, 0.25) is 0 Å². The minimum absolute atomic E-state index is 0.521. The largest absolute Gasteiger partial charge is 0.361 e. The van der Waals surface area contributed by atoms with E-state index >= 15 is 0 Å². The van der Waals surface area contributed by atoms with Crippen LogP contribution in [0, 0.1) is 5.92 Å². The molecule has 2 aromatic heterocycles. The summed E-state index contributed by atoms with van der Waals surface area (Å²) in [6.07, 6.45) is 6.55. The molecule has 0 spiro atoms. The third kappa shape index (κ3) is 6.70. The van der Waals surface area contributed by atoms with Crippen LogP contribution < -0.4 is 0 Å². The smallest absolute Gasteiger partial charge is 0.0903 e. The number of aromatic nitrogens is 1. The van der Waals surface area contributed by atoms with Crippen LogP contribution in [0.15, 0.2) is 173 Å². The Bertz CT molecular complexity index is 3000. The highest BCUT2D eigenvalue weighted by Crippen LogP contribution is 2.43. The molecule has 4 heteroatoms. The Morgan fingerprint density at radius 1 is 0.667 bits per heavy atom. The van der Waals surface area contributed by atoms with Crippen LogP contribution in [0.3, 0.4) is 0 Å². The van der Waals surface area contributed by atoms with Gasteiger partial charge in [0.15, 0.2) is 0 Å². The molecule has 0 radical (unpaired) electrons. The molecule has 10 rings (SSSR count). The normalized spacial score (nSPS) is 14.3. The fourth-order valence-electron chi connectivity index (χ4n) is 8.61. The fraction of sp³-hybridized carbons (Fsp3) is 0.132. The van der Waals surface area contributed by atoms with E-state index in [4.69, 9.17) is 4.99 Å². The van der Waals surface area contributed by atoms with Gasteiger partial charge in [-0.1, -0.05) is 130 Å². The first-order valence-electron chi connectivity index (χ1n) is 20.1. The molecule has 1 aliphatic rings. The van der Waals surface area contributed by atoms with Crippen LogP contribution in [0.4, 0.5) is 5.69 Å². The number of allylic oxidation sites excluding steroid dienone is 2. The summed E-state index contributed by atoms with van der Waals surface area (Å²) in [5, 5.41) is 8.61. The van der Waals surface area contributed by atoms with Gasteiger partial charge in [-0.3, -0.25) is 9.98 Å². The molecule has 1 aliphatic carbocycles. The first-order valence-corrected chi connectivity index (χ1v) is 20.9. The van der Waals surface area contributed by atoms with Gasteiger partial charge in [0.05, 0.1) is 22.8 Å². The fourth-order valence-corrected chi connectivity index (χ4v) is 9.82. The lowest BCUT2D eigenvalue weighted by atomic mass is 9.89. The molecule has 2 heterocycles. The van der Waals surface area contributed by atoms with Gasteiger partial charge in [0.2, 0.25) is 0 Å². The summed E-state index contributed by atoms with van der Waals surface area (Å²) in [4.78, 5) is 14.7. The molecular weight excluding hydrogens is 711 g/mol. The second kappa shape index (κ2) is 15.6. The molecular formula is C53H45N3S. The van der Waals surface area contributed by atoms with Crippen molar-refractivity contribution in [1.29, 1.82) is 0 Å². The number of fused-ring (bicyclic) bond motifs is 5. The van der Waals surface area contributed by atoms with E-state index in [0.29, 0.717) is 12.5 Å². The van der Waals surface area contributed by atoms with Crippen LogP contribution in [0.1, 0.15) is 44.1 Å². The zero-order valence-electron chi connectivity index (χ0n) is 32.7. The Kier molecular flexibility index (Phi) is 9.96. The van der Waals surface area contributed by atoms with Gasteiger partial charge < -0.3 is 4.98 Å². The summed E-state index contributed by atoms with van der Waals surface area (Å²) in [6, 6.07) is 53.0. The van der Waals surface area contributed by atoms with Crippen LogP contribution in [-0.4, -0.2) is 17.4 Å². The Hall–Kier alpha value is -6.36. The molecule has 1 N–H and O–H groups in total. The molecule has 0 bridgehead atoms. The first kappa shape index (κ1) is 36.3.